The van der Waals surface area contributed by atoms with Crippen LogP contribution >= 0.6 is 27.7 Å². The quantitative estimate of drug-likeness (QED) is 0.300. The molecule has 0 aliphatic heterocycles. The Morgan fingerprint density at radius 1 is 1.00 bits per heavy atom. The number of sulfonamides is 1. The van der Waals surface area contributed by atoms with Crippen molar-refractivity contribution in [3.05, 3.63) is 76.8 Å². The zero-order valence-electron chi connectivity index (χ0n) is 17.8. The van der Waals surface area contributed by atoms with Gasteiger partial charge in [0.25, 0.3) is 10.0 Å². The summed E-state index contributed by atoms with van der Waals surface area (Å²) in [4.78, 5) is 13.8. The fraction of sp³-hybridized carbons (Fsp3) is 0.174. The van der Waals surface area contributed by atoms with Gasteiger partial charge in [-0.25, -0.2) is 13.2 Å². The fourth-order valence-corrected chi connectivity index (χ4v) is 4.84. The first kappa shape index (κ1) is 24.2. The van der Waals surface area contributed by atoms with Gasteiger partial charge in [0.05, 0.1) is 10.5 Å². The number of carbonyl (C=O) groups is 1. The Bertz CT molecular complexity index is 1220. The van der Waals surface area contributed by atoms with Gasteiger partial charge in [-0.05, 0) is 87.5 Å². The topological polar surface area (TPSA) is 98.5 Å². The molecule has 0 heterocycles. The lowest BCUT2D eigenvalue weighted by molar-refractivity contribution is 0.00694. The van der Waals surface area contributed by atoms with E-state index in [1.165, 1.54) is 23.9 Å². The van der Waals surface area contributed by atoms with E-state index in [2.05, 4.69) is 20.7 Å². The van der Waals surface area contributed by atoms with Crippen LogP contribution in [0.5, 0.6) is 0 Å². The van der Waals surface area contributed by atoms with Crippen LogP contribution in [-0.4, -0.2) is 20.0 Å². The maximum atomic E-state index is 12.7. The lowest BCUT2D eigenvalue weighted by Gasteiger charge is -2.19. The molecule has 0 unspecified atom stereocenters. The summed E-state index contributed by atoms with van der Waals surface area (Å²) >= 11 is 4.69. The number of carbonyl (C=O) groups excluding carboxylic acids is 1. The summed E-state index contributed by atoms with van der Waals surface area (Å²) in [5, 5.41) is 0. The highest BCUT2D eigenvalue weighted by Crippen LogP contribution is 2.34. The molecule has 3 N–H and O–H groups in total. The summed E-state index contributed by atoms with van der Waals surface area (Å²) < 4.78 is 34.1. The molecule has 3 aromatic rings. The van der Waals surface area contributed by atoms with Gasteiger partial charge in [-0.2, -0.15) is 0 Å². The van der Waals surface area contributed by atoms with E-state index in [1.54, 1.807) is 54.6 Å². The van der Waals surface area contributed by atoms with Crippen molar-refractivity contribution in [2.24, 2.45) is 0 Å². The zero-order valence-corrected chi connectivity index (χ0v) is 21.0. The van der Waals surface area contributed by atoms with Crippen LogP contribution in [0.15, 0.2) is 85.9 Å². The standard InChI is InChI=1S/C23H23BrN2O4S2/c1-23(2,3)30-22(27)15-4-10-18(11-5-15)31-21-13-12-19(14-20(21)25)32(28,29)26-17-8-6-16(24)7-9-17/h4-14,26H,25H2,1-3H3. The number of nitrogens with two attached hydrogens (primary N) is 1. The van der Waals surface area contributed by atoms with Crippen molar-refractivity contribution < 1.29 is 17.9 Å². The minimum Gasteiger partial charge on any atom is -0.456 e. The second-order valence-corrected chi connectivity index (χ2v) is 11.7. The van der Waals surface area contributed by atoms with E-state index in [0.29, 0.717) is 21.8 Å². The Morgan fingerprint density at radius 2 is 1.62 bits per heavy atom. The number of hydrogen-bond donors (Lipinski definition) is 2. The molecule has 6 nitrogen and oxygen atoms in total. The van der Waals surface area contributed by atoms with Crippen molar-refractivity contribution in [1.29, 1.82) is 0 Å². The maximum absolute atomic E-state index is 12.7. The number of ether oxygens (including phenoxy) is 1. The lowest BCUT2D eigenvalue weighted by Crippen LogP contribution is -2.23. The molecule has 0 aliphatic carbocycles. The van der Waals surface area contributed by atoms with Gasteiger partial charge < -0.3 is 10.5 Å². The maximum Gasteiger partial charge on any atom is 0.338 e. The molecule has 0 amide bonds. The molecule has 0 saturated carbocycles. The third-order valence-electron chi connectivity index (χ3n) is 4.10. The number of hydrogen-bond acceptors (Lipinski definition) is 6. The Kier molecular flexibility index (Phi) is 7.22. The third kappa shape index (κ3) is 6.51. The number of anilines is 2. The first-order chi connectivity index (χ1) is 14.9. The van der Waals surface area contributed by atoms with Gasteiger partial charge in [0.2, 0.25) is 0 Å². The molecular formula is C23H23BrN2O4S2. The smallest absolute Gasteiger partial charge is 0.338 e. The minimum atomic E-state index is -3.77. The second kappa shape index (κ2) is 9.56. The van der Waals surface area contributed by atoms with Crippen LogP contribution in [0.2, 0.25) is 0 Å². The molecule has 0 radical (unpaired) electrons. The number of esters is 1. The predicted octanol–water partition coefficient (Wildman–Crippen LogP) is 5.94. The number of benzene rings is 3. The van der Waals surface area contributed by atoms with E-state index in [9.17, 15) is 13.2 Å². The zero-order chi connectivity index (χ0) is 23.5. The van der Waals surface area contributed by atoms with Crippen LogP contribution in [-0.2, 0) is 14.8 Å². The highest BCUT2D eigenvalue weighted by atomic mass is 79.9. The monoisotopic (exact) mass is 534 g/mol. The summed E-state index contributed by atoms with van der Waals surface area (Å²) in [7, 11) is -3.77. The van der Waals surface area contributed by atoms with Crippen molar-refractivity contribution in [2.75, 3.05) is 10.5 Å². The van der Waals surface area contributed by atoms with Gasteiger partial charge in [0, 0.05) is 25.6 Å². The first-order valence-electron chi connectivity index (χ1n) is 9.62. The molecule has 3 rings (SSSR count). The number of nitrogens with one attached hydrogen (secondary N) is 1. The van der Waals surface area contributed by atoms with Gasteiger partial charge in [0.1, 0.15) is 5.60 Å². The molecule has 0 bridgehead atoms. The van der Waals surface area contributed by atoms with E-state index in [-0.39, 0.29) is 10.9 Å². The number of rotatable bonds is 6. The van der Waals surface area contributed by atoms with Gasteiger partial charge in [-0.1, -0.05) is 27.7 Å². The van der Waals surface area contributed by atoms with Gasteiger partial charge >= 0.3 is 5.97 Å². The number of nitrogen functional groups attached to an aromatic ring is 1. The fourth-order valence-electron chi connectivity index (χ4n) is 2.64. The van der Waals surface area contributed by atoms with Crippen LogP contribution < -0.4 is 10.5 Å². The van der Waals surface area contributed by atoms with Crippen LogP contribution in [0.3, 0.4) is 0 Å². The Hall–Kier alpha value is -2.49. The lowest BCUT2D eigenvalue weighted by atomic mass is 10.2. The molecule has 0 aromatic heterocycles. The van der Waals surface area contributed by atoms with Gasteiger partial charge in [-0.15, -0.1) is 0 Å². The number of halogens is 1. The van der Waals surface area contributed by atoms with Gasteiger partial charge in [0.15, 0.2) is 0 Å². The summed E-state index contributed by atoms with van der Waals surface area (Å²) in [6.45, 7) is 5.45. The molecule has 0 spiro atoms. The van der Waals surface area contributed by atoms with E-state index < -0.39 is 15.6 Å². The Labute approximate surface area is 200 Å². The normalized spacial score (nSPS) is 11.8. The summed E-state index contributed by atoms with van der Waals surface area (Å²) in [5.41, 5.74) is 6.82. The summed E-state index contributed by atoms with van der Waals surface area (Å²) in [5.74, 6) is -0.388. The van der Waals surface area contributed by atoms with Crippen molar-refractivity contribution in [3.8, 4) is 0 Å². The molecule has 0 saturated heterocycles. The van der Waals surface area contributed by atoms with Crippen molar-refractivity contribution in [3.63, 3.8) is 0 Å². The molecule has 32 heavy (non-hydrogen) atoms. The Morgan fingerprint density at radius 3 is 2.19 bits per heavy atom. The average Bonchev–Trinajstić information content (AvgIpc) is 2.70. The van der Waals surface area contributed by atoms with Gasteiger partial charge in [-0.3, -0.25) is 4.72 Å². The summed E-state index contributed by atoms with van der Waals surface area (Å²) in [6.07, 6.45) is 0. The molecule has 168 valence electrons. The second-order valence-electron chi connectivity index (χ2n) is 7.94. The molecular weight excluding hydrogens is 512 g/mol. The van der Waals surface area contributed by atoms with E-state index in [0.717, 1.165) is 9.37 Å². The average molecular weight is 535 g/mol. The van der Waals surface area contributed by atoms with Crippen LogP contribution in [0.1, 0.15) is 31.1 Å². The van der Waals surface area contributed by atoms with Crippen molar-refractivity contribution in [2.45, 2.75) is 41.1 Å². The molecule has 9 heteroatoms. The van der Waals surface area contributed by atoms with Crippen LogP contribution in [0.4, 0.5) is 11.4 Å². The molecule has 3 aromatic carbocycles. The summed E-state index contributed by atoms with van der Waals surface area (Å²) in [6, 6.07) is 18.4. The van der Waals surface area contributed by atoms with E-state index >= 15 is 0 Å². The molecule has 0 atom stereocenters. The molecule has 0 fully saturated rings. The van der Waals surface area contributed by atoms with Crippen molar-refractivity contribution >= 4 is 55.1 Å². The first-order valence-corrected chi connectivity index (χ1v) is 12.7. The largest absolute Gasteiger partial charge is 0.456 e. The third-order valence-corrected chi connectivity index (χ3v) is 7.11. The van der Waals surface area contributed by atoms with Crippen LogP contribution in [0.25, 0.3) is 0 Å². The predicted molar refractivity (Wildman–Crippen MR) is 132 cm³/mol. The van der Waals surface area contributed by atoms with Crippen molar-refractivity contribution in [1.82, 2.24) is 0 Å². The minimum absolute atomic E-state index is 0.0718. The SMILES string of the molecule is CC(C)(C)OC(=O)c1ccc(Sc2ccc(S(=O)(=O)Nc3ccc(Br)cc3)cc2N)cc1. The van der Waals surface area contributed by atoms with E-state index in [4.69, 9.17) is 10.5 Å². The molecule has 0 aliphatic rings. The highest BCUT2D eigenvalue weighted by molar-refractivity contribution is 9.10. The highest BCUT2D eigenvalue weighted by Gasteiger charge is 2.18. The van der Waals surface area contributed by atoms with E-state index in [1.807, 2.05) is 20.8 Å². The Balaban J connectivity index is 1.72. The van der Waals surface area contributed by atoms with Crippen LogP contribution in [0, 0.1) is 0 Å².